The molecule has 0 aromatic rings. The van der Waals surface area contributed by atoms with Crippen LogP contribution in [-0.2, 0) is 28.7 Å². The number of esters is 1. The number of hydrogen-bond donors (Lipinski definition) is 1. The van der Waals surface area contributed by atoms with Gasteiger partial charge in [0.2, 0.25) is 0 Å². The highest BCUT2D eigenvalue weighted by Gasteiger charge is 2.69. The summed E-state index contributed by atoms with van der Waals surface area (Å²) in [5.74, 6) is -1.85. The van der Waals surface area contributed by atoms with Crippen LogP contribution in [0.2, 0.25) is 0 Å². The van der Waals surface area contributed by atoms with Gasteiger partial charge in [0.25, 0.3) is 0 Å². The number of Topliss-reactive ketones (excluding diaryl/α,β-unsaturated/α-hetero) is 3. The number of carboxylic acids is 1. The van der Waals surface area contributed by atoms with Gasteiger partial charge in [-0.25, -0.2) is 0 Å². The van der Waals surface area contributed by atoms with Gasteiger partial charge in [0.05, 0.1) is 5.92 Å². The number of ether oxygens (including phenoxy) is 1. The number of carbonyl (C=O) groups excluding carboxylic acids is 4. The van der Waals surface area contributed by atoms with E-state index in [9.17, 15) is 29.1 Å². The summed E-state index contributed by atoms with van der Waals surface area (Å²) in [6, 6.07) is 0. The number of aliphatic carboxylic acids is 1. The van der Waals surface area contributed by atoms with Crippen molar-refractivity contribution in [1.82, 2.24) is 0 Å². The first-order valence-electron chi connectivity index (χ1n) is 14.6. The number of hydrogen-bond acceptors (Lipinski definition) is 6. The number of carbonyl (C=O) groups is 5. The molecule has 0 aromatic carbocycles. The van der Waals surface area contributed by atoms with Crippen molar-refractivity contribution in [2.45, 2.75) is 113 Å². The number of allylic oxidation sites excluding steroid dienone is 1. The third-order valence-corrected chi connectivity index (χ3v) is 11.8. The predicted octanol–water partition coefficient (Wildman–Crippen LogP) is 5.73. The van der Waals surface area contributed by atoms with Gasteiger partial charge in [-0.1, -0.05) is 54.0 Å². The lowest BCUT2D eigenvalue weighted by Gasteiger charge is -2.60. The van der Waals surface area contributed by atoms with Crippen LogP contribution in [0.4, 0.5) is 0 Å². The third kappa shape index (κ3) is 4.33. The highest BCUT2D eigenvalue weighted by atomic mass is 16.5. The Bertz CT molecular complexity index is 1150. The standard InChI is InChI=1S/C32H46O7/c1-17(13-20(34)14-18(2)28(37)38)22-15-26(39-19(3)33)32(8)21-9-10-24-29(4,5)25(36)11-12-30(24,6)27(21)23(35)16-31(22,32)7/h17-18,22,24,26H,9-16H2,1-8H3,(H,37,38)/t17-,18?,22?,24?,26+,30+,31-,32-/m1/s1. The van der Waals surface area contributed by atoms with Crippen LogP contribution in [-0.4, -0.2) is 40.5 Å². The van der Waals surface area contributed by atoms with Crippen molar-refractivity contribution in [1.29, 1.82) is 0 Å². The molecule has 7 nitrogen and oxygen atoms in total. The molecule has 4 aliphatic rings. The monoisotopic (exact) mass is 542 g/mol. The second-order valence-corrected chi connectivity index (χ2v) is 14.3. The number of rotatable bonds is 7. The molecule has 0 bridgehead atoms. The molecule has 0 saturated heterocycles. The van der Waals surface area contributed by atoms with Crippen LogP contribution in [0.3, 0.4) is 0 Å². The zero-order chi connectivity index (χ0) is 29.3. The molecular formula is C32H46O7. The average molecular weight is 543 g/mol. The van der Waals surface area contributed by atoms with Crippen molar-refractivity contribution in [3.05, 3.63) is 11.1 Å². The van der Waals surface area contributed by atoms with Gasteiger partial charge < -0.3 is 9.84 Å². The minimum Gasteiger partial charge on any atom is -0.481 e. The van der Waals surface area contributed by atoms with E-state index < -0.39 is 39.7 Å². The minimum atomic E-state index is -0.986. The molecule has 0 aromatic heterocycles. The summed E-state index contributed by atoms with van der Waals surface area (Å²) in [5, 5.41) is 9.25. The number of ketones is 3. The lowest BCUT2D eigenvalue weighted by Crippen LogP contribution is -2.57. The van der Waals surface area contributed by atoms with Crippen LogP contribution >= 0.6 is 0 Å². The maximum Gasteiger partial charge on any atom is 0.306 e. The molecular weight excluding hydrogens is 496 g/mol. The van der Waals surface area contributed by atoms with Crippen LogP contribution in [0.1, 0.15) is 107 Å². The smallest absolute Gasteiger partial charge is 0.306 e. The van der Waals surface area contributed by atoms with Gasteiger partial charge in [-0.15, -0.1) is 0 Å². The Kier molecular flexibility index (Phi) is 7.35. The van der Waals surface area contributed by atoms with E-state index in [-0.39, 0.29) is 53.9 Å². The van der Waals surface area contributed by atoms with E-state index in [1.165, 1.54) is 6.92 Å². The quantitative estimate of drug-likeness (QED) is 0.408. The first-order chi connectivity index (χ1) is 17.9. The van der Waals surface area contributed by atoms with Gasteiger partial charge >= 0.3 is 11.9 Å². The Hall–Kier alpha value is -2.31. The summed E-state index contributed by atoms with van der Waals surface area (Å²) >= 11 is 0. The van der Waals surface area contributed by atoms with E-state index >= 15 is 0 Å². The molecule has 1 N–H and O–H groups in total. The largest absolute Gasteiger partial charge is 0.481 e. The Balaban J connectivity index is 1.77. The molecule has 4 aliphatic carbocycles. The summed E-state index contributed by atoms with van der Waals surface area (Å²) in [6.07, 6.45) is 3.29. The van der Waals surface area contributed by atoms with Crippen molar-refractivity contribution >= 4 is 29.3 Å². The molecule has 0 spiro atoms. The molecule has 0 aliphatic heterocycles. The van der Waals surface area contributed by atoms with Crippen molar-refractivity contribution in [3.63, 3.8) is 0 Å². The van der Waals surface area contributed by atoms with E-state index in [0.29, 0.717) is 32.1 Å². The minimum absolute atomic E-state index is 0.0176. The molecule has 2 saturated carbocycles. The van der Waals surface area contributed by atoms with Crippen LogP contribution in [0.25, 0.3) is 0 Å². The Labute approximate surface area is 232 Å². The van der Waals surface area contributed by atoms with Crippen molar-refractivity contribution < 1.29 is 33.8 Å². The van der Waals surface area contributed by atoms with Gasteiger partial charge in [0, 0.05) is 54.4 Å². The Morgan fingerprint density at radius 2 is 1.67 bits per heavy atom. The fraction of sp³-hybridized carbons (Fsp3) is 0.781. The lowest BCUT2D eigenvalue weighted by molar-refractivity contribution is -0.154. The summed E-state index contributed by atoms with van der Waals surface area (Å²) in [7, 11) is 0. The zero-order valence-corrected chi connectivity index (χ0v) is 24.9. The Morgan fingerprint density at radius 1 is 1.03 bits per heavy atom. The Morgan fingerprint density at radius 3 is 2.26 bits per heavy atom. The fourth-order valence-electron chi connectivity index (χ4n) is 9.60. The molecule has 39 heavy (non-hydrogen) atoms. The molecule has 0 amide bonds. The van der Waals surface area contributed by atoms with Gasteiger partial charge in [-0.2, -0.15) is 0 Å². The van der Waals surface area contributed by atoms with E-state index in [1.807, 2.05) is 20.8 Å². The summed E-state index contributed by atoms with van der Waals surface area (Å²) in [6.45, 7) is 15.5. The molecule has 7 heteroatoms. The summed E-state index contributed by atoms with van der Waals surface area (Å²) in [4.78, 5) is 63.6. The number of carboxylic acid groups (broad SMARTS) is 1. The van der Waals surface area contributed by atoms with E-state index in [0.717, 1.165) is 17.6 Å². The molecule has 0 radical (unpaired) electrons. The first-order valence-corrected chi connectivity index (χ1v) is 14.6. The third-order valence-electron chi connectivity index (χ3n) is 11.8. The molecule has 216 valence electrons. The summed E-state index contributed by atoms with van der Waals surface area (Å²) in [5.41, 5.74) is -0.0293. The van der Waals surface area contributed by atoms with Crippen LogP contribution in [0.5, 0.6) is 0 Å². The molecule has 4 rings (SSSR count). The zero-order valence-electron chi connectivity index (χ0n) is 24.9. The van der Waals surface area contributed by atoms with Crippen LogP contribution in [0, 0.1) is 45.3 Å². The lowest BCUT2D eigenvalue weighted by atomic mass is 9.43. The predicted molar refractivity (Wildman–Crippen MR) is 146 cm³/mol. The SMILES string of the molecule is CC(=O)O[C@H]1CC([C@H](C)CC(=O)CC(C)C(=O)O)[C@@]2(C)CC(=O)C3=C(CCC4C(C)(C)C(=O)CC[C@]34C)[C@]12C. The van der Waals surface area contributed by atoms with Gasteiger partial charge in [-0.05, 0) is 48.9 Å². The second kappa shape index (κ2) is 9.66. The molecule has 0 heterocycles. The van der Waals surface area contributed by atoms with Gasteiger partial charge in [-0.3, -0.25) is 24.0 Å². The van der Waals surface area contributed by atoms with Crippen molar-refractivity contribution in [3.8, 4) is 0 Å². The van der Waals surface area contributed by atoms with Crippen LogP contribution in [0.15, 0.2) is 11.1 Å². The first kappa shape index (κ1) is 29.7. The molecule has 8 atom stereocenters. The fourth-order valence-corrected chi connectivity index (χ4v) is 9.60. The normalized spacial score (nSPS) is 38.8. The summed E-state index contributed by atoms with van der Waals surface area (Å²) < 4.78 is 6.04. The van der Waals surface area contributed by atoms with E-state index in [4.69, 9.17) is 4.74 Å². The van der Waals surface area contributed by atoms with Gasteiger partial charge in [0.1, 0.15) is 17.7 Å². The van der Waals surface area contributed by atoms with Crippen molar-refractivity contribution in [2.75, 3.05) is 0 Å². The highest BCUT2D eigenvalue weighted by Crippen LogP contribution is 2.72. The van der Waals surface area contributed by atoms with Crippen molar-refractivity contribution in [2.24, 2.45) is 45.3 Å². The maximum absolute atomic E-state index is 14.2. The maximum atomic E-state index is 14.2. The van der Waals surface area contributed by atoms with E-state index in [1.54, 1.807) is 6.92 Å². The second-order valence-electron chi connectivity index (χ2n) is 14.3. The molecule has 3 unspecified atom stereocenters. The molecule has 2 fully saturated rings. The topological polar surface area (TPSA) is 115 Å². The van der Waals surface area contributed by atoms with Gasteiger partial charge in [0.15, 0.2) is 5.78 Å². The van der Waals surface area contributed by atoms with E-state index in [2.05, 4.69) is 20.8 Å². The average Bonchev–Trinajstić information content (AvgIpc) is 3.03. The van der Waals surface area contributed by atoms with Crippen LogP contribution < -0.4 is 0 Å². The highest BCUT2D eigenvalue weighted by molar-refractivity contribution is 6.01. The number of fused-ring (bicyclic) bond motifs is 4.